The predicted octanol–water partition coefficient (Wildman–Crippen LogP) is 1.30. The van der Waals surface area contributed by atoms with Gasteiger partial charge in [0.15, 0.2) is 0 Å². The molecule has 3 atom stereocenters. The summed E-state index contributed by atoms with van der Waals surface area (Å²) in [6, 6.07) is 6.84. The fraction of sp³-hybridized carbons (Fsp3) is 0.526. The van der Waals surface area contributed by atoms with Gasteiger partial charge in [-0.1, -0.05) is 19.1 Å². The van der Waals surface area contributed by atoms with E-state index >= 15 is 0 Å². The monoisotopic (exact) mass is 360 g/mol. The van der Waals surface area contributed by atoms with Crippen LogP contribution in [-0.4, -0.2) is 60.1 Å². The van der Waals surface area contributed by atoms with Gasteiger partial charge in [-0.05, 0) is 24.1 Å². The maximum absolute atomic E-state index is 12.9. The lowest BCUT2D eigenvalue weighted by molar-refractivity contribution is -0.149. The molecule has 0 saturated carbocycles. The molecule has 0 bridgehead atoms. The quantitative estimate of drug-likeness (QED) is 0.855. The zero-order chi connectivity index (χ0) is 18.8. The summed E-state index contributed by atoms with van der Waals surface area (Å²) in [5.74, 6) is -1.94. The number of hydrogen-bond acceptors (Lipinski definition) is 4. The van der Waals surface area contributed by atoms with Gasteiger partial charge in [0.25, 0.3) is 0 Å². The van der Waals surface area contributed by atoms with E-state index < -0.39 is 17.9 Å². The van der Waals surface area contributed by atoms with Crippen LogP contribution in [0, 0.1) is 5.92 Å². The number of carbonyl (C=O) groups is 3. The van der Waals surface area contributed by atoms with Crippen LogP contribution in [-0.2, 0) is 25.5 Å². The fourth-order valence-corrected chi connectivity index (χ4v) is 3.71. The van der Waals surface area contributed by atoms with Crippen LogP contribution in [0.25, 0.3) is 0 Å². The Labute approximate surface area is 152 Å². The zero-order valence-electron chi connectivity index (χ0n) is 15.1. The SMILES string of the molecule is CCc1ccc(N2CC(C(=O)N3CC(OC)CC3C(=O)O)CC2=O)cc1. The molecular formula is C19H24N2O5. The number of carboxylic acids is 1. The van der Waals surface area contributed by atoms with Crippen molar-refractivity contribution in [3.05, 3.63) is 29.8 Å². The number of amides is 2. The van der Waals surface area contributed by atoms with Crippen molar-refractivity contribution in [1.82, 2.24) is 4.90 Å². The van der Waals surface area contributed by atoms with Gasteiger partial charge in [-0.25, -0.2) is 4.79 Å². The average molecular weight is 360 g/mol. The number of likely N-dealkylation sites (tertiary alicyclic amines) is 1. The second-order valence-electron chi connectivity index (χ2n) is 6.86. The van der Waals surface area contributed by atoms with E-state index in [1.807, 2.05) is 24.3 Å². The van der Waals surface area contributed by atoms with Crippen LogP contribution in [0.15, 0.2) is 24.3 Å². The minimum Gasteiger partial charge on any atom is -0.480 e. The van der Waals surface area contributed by atoms with Crippen LogP contribution in [0.1, 0.15) is 25.3 Å². The first-order chi connectivity index (χ1) is 12.4. The minimum atomic E-state index is -1.03. The molecule has 7 nitrogen and oxygen atoms in total. The summed E-state index contributed by atoms with van der Waals surface area (Å²) < 4.78 is 5.23. The van der Waals surface area contributed by atoms with Gasteiger partial charge < -0.3 is 19.6 Å². The summed E-state index contributed by atoms with van der Waals surface area (Å²) in [6.07, 6.45) is 1.02. The molecule has 0 aliphatic carbocycles. The number of anilines is 1. The van der Waals surface area contributed by atoms with Crippen molar-refractivity contribution >= 4 is 23.5 Å². The largest absolute Gasteiger partial charge is 0.480 e. The Morgan fingerprint density at radius 1 is 1.23 bits per heavy atom. The first-order valence-electron chi connectivity index (χ1n) is 8.90. The van der Waals surface area contributed by atoms with Gasteiger partial charge in [0, 0.05) is 38.7 Å². The number of aliphatic carboxylic acids is 1. The molecule has 0 radical (unpaired) electrons. The number of rotatable bonds is 5. The highest BCUT2D eigenvalue weighted by molar-refractivity contribution is 6.01. The first kappa shape index (κ1) is 18.4. The summed E-state index contributed by atoms with van der Waals surface area (Å²) in [5.41, 5.74) is 1.95. The van der Waals surface area contributed by atoms with E-state index in [1.54, 1.807) is 4.90 Å². The van der Waals surface area contributed by atoms with Crippen LogP contribution in [0.5, 0.6) is 0 Å². The molecule has 2 aliphatic rings. The van der Waals surface area contributed by atoms with Gasteiger partial charge in [0.05, 0.1) is 12.0 Å². The summed E-state index contributed by atoms with van der Waals surface area (Å²) >= 11 is 0. The van der Waals surface area contributed by atoms with E-state index in [-0.39, 0.29) is 43.8 Å². The van der Waals surface area contributed by atoms with E-state index in [0.717, 1.165) is 12.1 Å². The number of nitrogens with zero attached hydrogens (tertiary/aromatic N) is 2. The molecule has 1 N–H and O–H groups in total. The van der Waals surface area contributed by atoms with Crippen LogP contribution < -0.4 is 4.90 Å². The summed E-state index contributed by atoms with van der Waals surface area (Å²) in [4.78, 5) is 39.7. The van der Waals surface area contributed by atoms with Gasteiger partial charge in [-0.15, -0.1) is 0 Å². The maximum Gasteiger partial charge on any atom is 0.326 e. The van der Waals surface area contributed by atoms with Gasteiger partial charge in [0.1, 0.15) is 6.04 Å². The van der Waals surface area contributed by atoms with Gasteiger partial charge >= 0.3 is 5.97 Å². The Kier molecular flexibility index (Phi) is 5.27. The third-order valence-corrected chi connectivity index (χ3v) is 5.29. The van der Waals surface area contributed by atoms with Gasteiger partial charge in [0.2, 0.25) is 11.8 Å². The first-order valence-corrected chi connectivity index (χ1v) is 8.90. The predicted molar refractivity (Wildman–Crippen MR) is 94.8 cm³/mol. The number of aryl methyl sites for hydroxylation is 1. The number of methoxy groups -OCH3 is 1. The van der Waals surface area contributed by atoms with E-state index in [1.165, 1.54) is 17.6 Å². The van der Waals surface area contributed by atoms with Crippen molar-refractivity contribution in [3.8, 4) is 0 Å². The van der Waals surface area contributed by atoms with E-state index in [9.17, 15) is 19.5 Å². The van der Waals surface area contributed by atoms with Gasteiger partial charge in [-0.3, -0.25) is 9.59 Å². The number of carboxylic acid groups (broad SMARTS) is 1. The Bertz CT molecular complexity index is 702. The second kappa shape index (κ2) is 7.45. The molecule has 2 amide bonds. The van der Waals surface area contributed by atoms with Crippen molar-refractivity contribution in [2.24, 2.45) is 5.92 Å². The average Bonchev–Trinajstić information content (AvgIpc) is 3.25. The minimum absolute atomic E-state index is 0.106. The topological polar surface area (TPSA) is 87.2 Å². The maximum atomic E-state index is 12.9. The third kappa shape index (κ3) is 3.44. The molecule has 3 rings (SSSR count). The lowest BCUT2D eigenvalue weighted by Crippen LogP contribution is -2.44. The molecule has 26 heavy (non-hydrogen) atoms. The Balaban J connectivity index is 1.72. The number of carbonyl (C=O) groups excluding carboxylic acids is 2. The Morgan fingerprint density at radius 2 is 1.92 bits per heavy atom. The molecule has 0 aromatic heterocycles. The Hall–Kier alpha value is -2.41. The lowest BCUT2D eigenvalue weighted by atomic mass is 10.1. The molecule has 1 aromatic rings. The van der Waals surface area contributed by atoms with Crippen LogP contribution in [0.3, 0.4) is 0 Å². The number of benzene rings is 1. The molecule has 140 valence electrons. The van der Waals surface area contributed by atoms with Crippen molar-refractivity contribution in [2.75, 3.05) is 25.1 Å². The molecule has 1 aromatic carbocycles. The van der Waals surface area contributed by atoms with Crippen molar-refractivity contribution in [3.63, 3.8) is 0 Å². The van der Waals surface area contributed by atoms with E-state index in [0.29, 0.717) is 0 Å². The highest BCUT2D eigenvalue weighted by atomic mass is 16.5. The van der Waals surface area contributed by atoms with Crippen molar-refractivity contribution < 1.29 is 24.2 Å². The molecule has 0 spiro atoms. The normalized spacial score (nSPS) is 25.8. The summed E-state index contributed by atoms with van der Waals surface area (Å²) in [5, 5.41) is 9.39. The molecule has 7 heteroatoms. The summed E-state index contributed by atoms with van der Waals surface area (Å²) in [7, 11) is 1.51. The Morgan fingerprint density at radius 3 is 2.50 bits per heavy atom. The van der Waals surface area contributed by atoms with Gasteiger partial charge in [-0.2, -0.15) is 0 Å². The van der Waals surface area contributed by atoms with Crippen LogP contribution in [0.4, 0.5) is 5.69 Å². The molecule has 2 heterocycles. The molecule has 3 unspecified atom stereocenters. The molecule has 2 aliphatic heterocycles. The lowest BCUT2D eigenvalue weighted by Gasteiger charge is -2.24. The van der Waals surface area contributed by atoms with E-state index in [4.69, 9.17) is 4.74 Å². The second-order valence-corrected chi connectivity index (χ2v) is 6.86. The van der Waals surface area contributed by atoms with E-state index in [2.05, 4.69) is 6.92 Å². The molecule has 2 fully saturated rings. The third-order valence-electron chi connectivity index (χ3n) is 5.29. The van der Waals surface area contributed by atoms with Crippen molar-refractivity contribution in [2.45, 2.75) is 38.3 Å². The fourth-order valence-electron chi connectivity index (χ4n) is 3.71. The molecule has 2 saturated heterocycles. The zero-order valence-corrected chi connectivity index (χ0v) is 15.1. The molecular weight excluding hydrogens is 336 g/mol. The van der Waals surface area contributed by atoms with Crippen LogP contribution in [0.2, 0.25) is 0 Å². The number of hydrogen-bond donors (Lipinski definition) is 1. The smallest absolute Gasteiger partial charge is 0.326 e. The number of ether oxygens (including phenoxy) is 1. The highest BCUT2D eigenvalue weighted by Gasteiger charge is 2.45. The van der Waals surface area contributed by atoms with Crippen LogP contribution >= 0.6 is 0 Å². The highest BCUT2D eigenvalue weighted by Crippen LogP contribution is 2.29. The standard InChI is InChI=1S/C19H24N2O5/c1-3-12-4-6-14(7-5-12)20-10-13(8-17(20)22)18(23)21-11-15(26-2)9-16(21)19(24)25/h4-7,13,15-16H,3,8-11H2,1-2H3,(H,24,25). The summed E-state index contributed by atoms with van der Waals surface area (Å²) in [6.45, 7) is 2.60. The van der Waals surface area contributed by atoms with Crippen molar-refractivity contribution in [1.29, 1.82) is 0 Å².